The first-order valence-corrected chi connectivity index (χ1v) is 7.56. The van der Waals surface area contributed by atoms with Gasteiger partial charge in [0.15, 0.2) is 0 Å². The molecule has 0 amide bonds. The largest absolute Gasteiger partial charge is 0.497 e. The lowest BCUT2D eigenvalue weighted by atomic mass is 9.94. The highest BCUT2D eigenvalue weighted by Gasteiger charge is 2.13. The third-order valence-electron chi connectivity index (χ3n) is 3.69. The molecule has 0 aliphatic carbocycles. The lowest BCUT2D eigenvalue weighted by Crippen LogP contribution is -2.12. The molecule has 0 saturated carbocycles. The SMILES string of the molecule is COc1cccc(C(N)c2ccc(Br)c3ccccc23)c1. The third kappa shape index (κ3) is 2.67. The minimum atomic E-state index is -0.182. The van der Waals surface area contributed by atoms with Crippen LogP contribution in [0.1, 0.15) is 17.2 Å². The smallest absolute Gasteiger partial charge is 0.119 e. The van der Waals surface area contributed by atoms with Gasteiger partial charge in [0.05, 0.1) is 13.2 Å². The minimum absolute atomic E-state index is 0.182. The van der Waals surface area contributed by atoms with Crippen LogP contribution in [-0.2, 0) is 0 Å². The van der Waals surface area contributed by atoms with E-state index in [1.165, 1.54) is 10.8 Å². The fourth-order valence-electron chi connectivity index (χ4n) is 2.57. The zero-order chi connectivity index (χ0) is 14.8. The van der Waals surface area contributed by atoms with Crippen LogP contribution in [0.4, 0.5) is 0 Å². The van der Waals surface area contributed by atoms with Gasteiger partial charge < -0.3 is 10.5 Å². The van der Waals surface area contributed by atoms with Gasteiger partial charge in [-0.15, -0.1) is 0 Å². The van der Waals surface area contributed by atoms with Gasteiger partial charge in [0.1, 0.15) is 5.75 Å². The third-order valence-corrected chi connectivity index (χ3v) is 4.38. The number of benzene rings is 3. The summed E-state index contributed by atoms with van der Waals surface area (Å²) in [6.45, 7) is 0. The summed E-state index contributed by atoms with van der Waals surface area (Å²) < 4.78 is 6.37. The van der Waals surface area contributed by atoms with Crippen molar-refractivity contribution in [1.29, 1.82) is 0 Å². The van der Waals surface area contributed by atoms with E-state index in [-0.39, 0.29) is 6.04 Å². The van der Waals surface area contributed by atoms with Gasteiger partial charge >= 0.3 is 0 Å². The second-order valence-corrected chi connectivity index (χ2v) is 5.79. The lowest BCUT2D eigenvalue weighted by molar-refractivity contribution is 0.414. The highest BCUT2D eigenvalue weighted by molar-refractivity contribution is 9.10. The molecule has 106 valence electrons. The van der Waals surface area contributed by atoms with E-state index in [1.54, 1.807) is 7.11 Å². The molecule has 0 bridgehead atoms. The van der Waals surface area contributed by atoms with Crippen LogP contribution < -0.4 is 10.5 Å². The van der Waals surface area contributed by atoms with Gasteiger partial charge in [-0.1, -0.05) is 58.4 Å². The molecule has 0 radical (unpaired) electrons. The summed E-state index contributed by atoms with van der Waals surface area (Å²) in [6, 6.07) is 20.1. The zero-order valence-corrected chi connectivity index (χ0v) is 13.3. The summed E-state index contributed by atoms with van der Waals surface area (Å²) in [4.78, 5) is 0. The van der Waals surface area contributed by atoms with Gasteiger partial charge in [-0.3, -0.25) is 0 Å². The molecule has 3 heteroatoms. The number of halogens is 1. The van der Waals surface area contributed by atoms with E-state index < -0.39 is 0 Å². The molecule has 21 heavy (non-hydrogen) atoms. The standard InChI is InChI=1S/C18H16BrNO/c1-21-13-6-4-5-12(11-13)18(20)16-9-10-17(19)15-8-3-2-7-14(15)16/h2-11,18H,20H2,1H3. The molecule has 0 aromatic heterocycles. The van der Waals surface area contributed by atoms with E-state index in [2.05, 4.69) is 40.2 Å². The van der Waals surface area contributed by atoms with Crippen molar-refractivity contribution >= 4 is 26.7 Å². The first-order chi connectivity index (χ1) is 10.2. The van der Waals surface area contributed by atoms with Crippen molar-refractivity contribution < 1.29 is 4.74 Å². The molecule has 2 N–H and O–H groups in total. The molecule has 2 nitrogen and oxygen atoms in total. The number of ether oxygens (including phenoxy) is 1. The number of rotatable bonds is 3. The normalized spacial score (nSPS) is 12.3. The predicted octanol–water partition coefficient (Wildman–Crippen LogP) is 4.66. The van der Waals surface area contributed by atoms with Crippen molar-refractivity contribution in [1.82, 2.24) is 0 Å². The second kappa shape index (κ2) is 5.88. The second-order valence-electron chi connectivity index (χ2n) is 4.94. The first kappa shape index (κ1) is 14.1. The molecule has 0 saturated heterocycles. The van der Waals surface area contributed by atoms with Crippen LogP contribution in [0.3, 0.4) is 0 Å². The van der Waals surface area contributed by atoms with Crippen molar-refractivity contribution in [2.45, 2.75) is 6.04 Å². The van der Waals surface area contributed by atoms with Crippen molar-refractivity contribution in [2.75, 3.05) is 7.11 Å². The summed E-state index contributed by atoms with van der Waals surface area (Å²) >= 11 is 3.60. The summed E-state index contributed by atoms with van der Waals surface area (Å²) in [7, 11) is 1.67. The maximum absolute atomic E-state index is 6.49. The number of hydrogen-bond donors (Lipinski definition) is 1. The molecule has 0 aliphatic heterocycles. The maximum atomic E-state index is 6.49. The quantitative estimate of drug-likeness (QED) is 0.751. The fourth-order valence-corrected chi connectivity index (χ4v) is 3.05. The molecule has 3 aromatic rings. The highest BCUT2D eigenvalue weighted by atomic mass is 79.9. The Kier molecular flexibility index (Phi) is 3.95. The van der Waals surface area contributed by atoms with Crippen molar-refractivity contribution in [2.24, 2.45) is 5.73 Å². The molecule has 0 aliphatic rings. The van der Waals surface area contributed by atoms with Gasteiger partial charge in [0, 0.05) is 4.47 Å². The molecular formula is C18H16BrNO. The van der Waals surface area contributed by atoms with Gasteiger partial charge in [-0.2, -0.15) is 0 Å². The Labute approximate surface area is 132 Å². The molecule has 1 atom stereocenters. The van der Waals surface area contributed by atoms with Crippen LogP contribution in [0, 0.1) is 0 Å². The van der Waals surface area contributed by atoms with E-state index in [0.29, 0.717) is 0 Å². The van der Waals surface area contributed by atoms with Crippen LogP contribution in [0.2, 0.25) is 0 Å². The van der Waals surface area contributed by atoms with E-state index in [9.17, 15) is 0 Å². The molecule has 0 spiro atoms. The Morgan fingerprint density at radius 2 is 1.71 bits per heavy atom. The Morgan fingerprint density at radius 1 is 0.952 bits per heavy atom. The Bertz CT molecular complexity index is 785. The average Bonchev–Trinajstić information content (AvgIpc) is 2.55. The highest BCUT2D eigenvalue weighted by Crippen LogP contribution is 2.32. The van der Waals surface area contributed by atoms with Crippen molar-refractivity contribution in [3.05, 3.63) is 76.3 Å². The Balaban J connectivity index is 2.13. The molecule has 3 aromatic carbocycles. The summed E-state index contributed by atoms with van der Waals surface area (Å²) in [5, 5.41) is 2.34. The monoisotopic (exact) mass is 341 g/mol. The first-order valence-electron chi connectivity index (χ1n) is 6.77. The van der Waals surface area contributed by atoms with Gasteiger partial charge in [0.2, 0.25) is 0 Å². The van der Waals surface area contributed by atoms with Crippen LogP contribution in [-0.4, -0.2) is 7.11 Å². The molecule has 0 fully saturated rings. The van der Waals surface area contributed by atoms with Crippen LogP contribution in [0.5, 0.6) is 5.75 Å². The molecule has 1 unspecified atom stereocenters. The lowest BCUT2D eigenvalue weighted by Gasteiger charge is -2.16. The van der Waals surface area contributed by atoms with Gasteiger partial charge in [-0.05, 0) is 40.1 Å². The van der Waals surface area contributed by atoms with E-state index in [4.69, 9.17) is 10.5 Å². The molecule has 0 heterocycles. The van der Waals surface area contributed by atoms with Crippen LogP contribution in [0.15, 0.2) is 65.1 Å². The van der Waals surface area contributed by atoms with Crippen molar-refractivity contribution in [3.8, 4) is 5.75 Å². The van der Waals surface area contributed by atoms with Crippen LogP contribution >= 0.6 is 15.9 Å². The van der Waals surface area contributed by atoms with Crippen molar-refractivity contribution in [3.63, 3.8) is 0 Å². The number of fused-ring (bicyclic) bond motifs is 1. The van der Waals surface area contributed by atoms with Crippen LogP contribution in [0.25, 0.3) is 10.8 Å². The Morgan fingerprint density at radius 3 is 2.48 bits per heavy atom. The van der Waals surface area contributed by atoms with E-state index in [0.717, 1.165) is 21.3 Å². The summed E-state index contributed by atoms with van der Waals surface area (Å²) in [5.41, 5.74) is 8.64. The minimum Gasteiger partial charge on any atom is -0.497 e. The van der Waals surface area contributed by atoms with E-state index in [1.807, 2.05) is 36.4 Å². The average molecular weight is 342 g/mol. The number of nitrogens with two attached hydrogens (primary N) is 1. The van der Waals surface area contributed by atoms with Gasteiger partial charge in [0.25, 0.3) is 0 Å². The predicted molar refractivity (Wildman–Crippen MR) is 90.7 cm³/mol. The number of hydrogen-bond acceptors (Lipinski definition) is 2. The molecular weight excluding hydrogens is 326 g/mol. The summed E-state index contributed by atoms with van der Waals surface area (Å²) in [5.74, 6) is 0.823. The maximum Gasteiger partial charge on any atom is 0.119 e. The summed E-state index contributed by atoms with van der Waals surface area (Å²) in [6.07, 6.45) is 0. The fraction of sp³-hybridized carbons (Fsp3) is 0.111. The van der Waals surface area contributed by atoms with E-state index >= 15 is 0 Å². The van der Waals surface area contributed by atoms with Gasteiger partial charge in [-0.25, -0.2) is 0 Å². The Hall–Kier alpha value is -1.84. The number of methoxy groups -OCH3 is 1. The molecule has 3 rings (SSSR count). The zero-order valence-electron chi connectivity index (χ0n) is 11.7. The topological polar surface area (TPSA) is 35.2 Å².